The summed E-state index contributed by atoms with van der Waals surface area (Å²) in [6, 6.07) is 0. The Morgan fingerprint density at radius 1 is 1.27 bits per heavy atom. The van der Waals surface area contributed by atoms with Gasteiger partial charge in [-0.3, -0.25) is 4.79 Å². The van der Waals surface area contributed by atoms with Gasteiger partial charge in [0.05, 0.1) is 6.54 Å². The van der Waals surface area contributed by atoms with Crippen molar-refractivity contribution in [1.29, 1.82) is 0 Å². The Bertz CT molecular complexity index is 224. The number of hydrogen-bond donors (Lipinski definition) is 0. The summed E-state index contributed by atoms with van der Waals surface area (Å²) in [5, 5.41) is 0. The van der Waals surface area contributed by atoms with Crippen LogP contribution in [0.25, 0.3) is 0 Å². The van der Waals surface area contributed by atoms with Gasteiger partial charge < -0.3 is 0 Å². The van der Waals surface area contributed by atoms with Gasteiger partial charge in [-0.05, 0) is 6.42 Å². The molecule has 0 atom stereocenters. The minimum atomic E-state index is -0.541. The largest absolute Gasteiger partial charge is 0.272 e. The van der Waals surface area contributed by atoms with Gasteiger partial charge in [0.2, 0.25) is 12.2 Å². The SMILES string of the molecule is O=C=NCCCC(=O)N=C=O. The predicted octanol–water partition coefficient (Wildman–Crippen LogP) is -0.0352. The maximum absolute atomic E-state index is 10.4. The van der Waals surface area contributed by atoms with E-state index in [0.717, 1.165) is 6.08 Å². The van der Waals surface area contributed by atoms with Crippen molar-refractivity contribution in [3.05, 3.63) is 0 Å². The Labute approximate surface area is 62.8 Å². The monoisotopic (exact) mass is 154 g/mol. The van der Waals surface area contributed by atoms with Crippen LogP contribution in [0, 0.1) is 0 Å². The summed E-state index contributed by atoms with van der Waals surface area (Å²) in [4.78, 5) is 35.5. The number of amides is 1. The second-order valence-corrected chi connectivity index (χ2v) is 1.67. The fourth-order valence-corrected chi connectivity index (χ4v) is 0.462. The first-order chi connectivity index (χ1) is 5.31. The first kappa shape index (κ1) is 9.43. The second-order valence-electron chi connectivity index (χ2n) is 1.67. The van der Waals surface area contributed by atoms with E-state index in [4.69, 9.17) is 0 Å². The van der Waals surface area contributed by atoms with E-state index in [1.54, 1.807) is 0 Å². The van der Waals surface area contributed by atoms with Gasteiger partial charge in [0.15, 0.2) is 0 Å². The zero-order valence-corrected chi connectivity index (χ0v) is 5.74. The molecule has 0 rings (SSSR count). The predicted molar refractivity (Wildman–Crippen MR) is 35.4 cm³/mol. The van der Waals surface area contributed by atoms with Crippen molar-refractivity contribution in [2.45, 2.75) is 12.8 Å². The molecule has 0 aliphatic heterocycles. The van der Waals surface area contributed by atoms with Gasteiger partial charge in [0.25, 0.3) is 5.91 Å². The van der Waals surface area contributed by atoms with Crippen LogP contribution in [0.5, 0.6) is 0 Å². The first-order valence-corrected chi connectivity index (χ1v) is 2.95. The van der Waals surface area contributed by atoms with E-state index in [-0.39, 0.29) is 13.0 Å². The summed E-state index contributed by atoms with van der Waals surface area (Å²) in [7, 11) is 0. The molecule has 0 aromatic carbocycles. The molecule has 0 aromatic heterocycles. The molecule has 0 N–H and O–H groups in total. The molecule has 0 heterocycles. The molecule has 0 unspecified atom stereocenters. The molecule has 11 heavy (non-hydrogen) atoms. The van der Waals surface area contributed by atoms with E-state index in [1.807, 2.05) is 0 Å². The molecular formula is C6H6N2O3. The lowest BCUT2D eigenvalue weighted by Gasteiger charge is -1.86. The topological polar surface area (TPSA) is 75.9 Å². The van der Waals surface area contributed by atoms with E-state index in [0.29, 0.717) is 6.42 Å². The quantitative estimate of drug-likeness (QED) is 0.324. The fraction of sp³-hybridized carbons (Fsp3) is 0.500. The van der Waals surface area contributed by atoms with Crippen molar-refractivity contribution in [2.24, 2.45) is 9.98 Å². The van der Waals surface area contributed by atoms with Gasteiger partial charge in [0.1, 0.15) is 0 Å². The van der Waals surface area contributed by atoms with Crippen LogP contribution in [0.15, 0.2) is 9.98 Å². The van der Waals surface area contributed by atoms with Crippen LogP contribution in [0.3, 0.4) is 0 Å². The zero-order chi connectivity index (χ0) is 8.53. The van der Waals surface area contributed by atoms with E-state index < -0.39 is 5.91 Å². The molecule has 58 valence electrons. The maximum Gasteiger partial charge on any atom is 0.256 e. The third kappa shape index (κ3) is 6.31. The Balaban J connectivity index is 3.46. The van der Waals surface area contributed by atoms with Gasteiger partial charge in [-0.2, -0.15) is 0 Å². The average Bonchev–Trinajstić information content (AvgIpc) is 1.99. The molecule has 0 fully saturated rings. The number of isocyanates is 2. The van der Waals surface area contributed by atoms with Crippen molar-refractivity contribution in [2.75, 3.05) is 6.54 Å². The second kappa shape index (κ2) is 6.55. The molecule has 0 saturated heterocycles. The lowest BCUT2D eigenvalue weighted by molar-refractivity contribution is -0.117. The highest BCUT2D eigenvalue weighted by Gasteiger charge is 1.96. The molecule has 0 saturated carbocycles. The van der Waals surface area contributed by atoms with Crippen LogP contribution in [-0.4, -0.2) is 24.6 Å². The van der Waals surface area contributed by atoms with Crippen molar-refractivity contribution in [3.63, 3.8) is 0 Å². The Morgan fingerprint density at radius 2 is 2.00 bits per heavy atom. The lowest BCUT2D eigenvalue weighted by atomic mass is 10.3. The molecule has 1 amide bonds. The average molecular weight is 154 g/mol. The Morgan fingerprint density at radius 3 is 2.55 bits per heavy atom. The van der Waals surface area contributed by atoms with E-state index >= 15 is 0 Å². The number of aliphatic imine (C=N–C) groups is 2. The van der Waals surface area contributed by atoms with Crippen LogP contribution in [-0.2, 0) is 14.4 Å². The molecule has 5 nitrogen and oxygen atoms in total. The van der Waals surface area contributed by atoms with Gasteiger partial charge in [-0.1, -0.05) is 0 Å². The zero-order valence-electron chi connectivity index (χ0n) is 5.74. The van der Waals surface area contributed by atoms with Crippen LogP contribution < -0.4 is 0 Å². The van der Waals surface area contributed by atoms with Crippen molar-refractivity contribution < 1.29 is 14.4 Å². The van der Waals surface area contributed by atoms with E-state index in [1.165, 1.54) is 6.08 Å². The summed E-state index contributed by atoms with van der Waals surface area (Å²) in [6.07, 6.45) is 2.97. The van der Waals surface area contributed by atoms with Crippen LogP contribution in [0.4, 0.5) is 0 Å². The van der Waals surface area contributed by atoms with Crippen LogP contribution in [0.1, 0.15) is 12.8 Å². The molecule has 5 heteroatoms. The van der Waals surface area contributed by atoms with Crippen molar-refractivity contribution in [3.8, 4) is 0 Å². The highest BCUT2D eigenvalue weighted by Crippen LogP contribution is 1.90. The molecular weight excluding hydrogens is 148 g/mol. The minimum Gasteiger partial charge on any atom is -0.272 e. The van der Waals surface area contributed by atoms with Crippen molar-refractivity contribution >= 4 is 18.1 Å². The summed E-state index contributed by atoms with van der Waals surface area (Å²) in [6.45, 7) is 0.240. The smallest absolute Gasteiger partial charge is 0.256 e. The number of nitrogens with zero attached hydrogens (tertiary/aromatic N) is 2. The van der Waals surface area contributed by atoms with Gasteiger partial charge in [0, 0.05) is 6.42 Å². The van der Waals surface area contributed by atoms with Crippen LogP contribution >= 0.6 is 0 Å². The number of rotatable bonds is 4. The van der Waals surface area contributed by atoms with Gasteiger partial charge in [-0.15, -0.1) is 4.99 Å². The number of hydrogen-bond acceptors (Lipinski definition) is 4. The highest BCUT2D eigenvalue weighted by atomic mass is 16.2. The highest BCUT2D eigenvalue weighted by molar-refractivity contribution is 5.81. The van der Waals surface area contributed by atoms with E-state index in [2.05, 4.69) is 9.98 Å². The summed E-state index contributed by atoms with van der Waals surface area (Å²) in [5.74, 6) is -0.541. The molecule has 0 radical (unpaired) electrons. The third-order valence-corrected chi connectivity index (χ3v) is 0.895. The number of carbonyl (C=O) groups excluding carboxylic acids is 3. The number of carbonyl (C=O) groups is 1. The lowest BCUT2D eigenvalue weighted by Crippen LogP contribution is -1.93. The molecule has 0 bridgehead atoms. The third-order valence-electron chi connectivity index (χ3n) is 0.895. The van der Waals surface area contributed by atoms with Gasteiger partial charge in [-0.25, -0.2) is 14.6 Å². The van der Waals surface area contributed by atoms with E-state index in [9.17, 15) is 14.4 Å². The molecule has 0 aliphatic carbocycles. The minimum absolute atomic E-state index is 0.112. The standard InChI is InChI=1S/C6H6N2O3/c9-4-7-3-1-2-6(11)8-5-10/h1-3H2. The molecule has 0 aliphatic rings. The summed E-state index contributed by atoms with van der Waals surface area (Å²) in [5.41, 5.74) is 0. The first-order valence-electron chi connectivity index (χ1n) is 2.95. The fourth-order valence-electron chi connectivity index (χ4n) is 0.462. The summed E-state index contributed by atoms with van der Waals surface area (Å²) >= 11 is 0. The van der Waals surface area contributed by atoms with Crippen LogP contribution in [0.2, 0.25) is 0 Å². The van der Waals surface area contributed by atoms with Crippen molar-refractivity contribution in [1.82, 2.24) is 0 Å². The Kier molecular flexibility index (Phi) is 5.61. The molecule has 0 aromatic rings. The maximum atomic E-state index is 10.4. The normalized spacial score (nSPS) is 7.64. The molecule has 0 spiro atoms. The van der Waals surface area contributed by atoms with Gasteiger partial charge >= 0.3 is 0 Å². The summed E-state index contributed by atoms with van der Waals surface area (Å²) < 4.78 is 0. The Hall–Kier alpha value is -1.57.